The van der Waals surface area contributed by atoms with Crippen molar-refractivity contribution >= 4 is 23.1 Å². The molecule has 19 heavy (non-hydrogen) atoms. The maximum Gasteiger partial charge on any atom is 0.284 e. The van der Waals surface area contributed by atoms with Crippen LogP contribution in [0.15, 0.2) is 58.0 Å². The van der Waals surface area contributed by atoms with Crippen LogP contribution in [-0.2, 0) is 0 Å². The van der Waals surface area contributed by atoms with Crippen LogP contribution >= 0.6 is 0 Å². The van der Waals surface area contributed by atoms with E-state index in [-0.39, 0.29) is 11.4 Å². The van der Waals surface area contributed by atoms with Crippen LogP contribution in [0.25, 0.3) is 23.1 Å². The van der Waals surface area contributed by atoms with Crippen LogP contribution in [0.2, 0.25) is 0 Å². The fraction of sp³-hybridized carbons (Fsp3) is 0. The van der Waals surface area contributed by atoms with Crippen molar-refractivity contribution in [2.45, 2.75) is 0 Å². The Kier molecular flexibility index (Phi) is 2.90. The van der Waals surface area contributed by atoms with Gasteiger partial charge < -0.3 is 4.42 Å². The van der Waals surface area contributed by atoms with Crippen LogP contribution in [0, 0.1) is 0 Å². The van der Waals surface area contributed by atoms with E-state index in [2.05, 4.69) is 9.97 Å². The second kappa shape index (κ2) is 4.86. The third-order valence-electron chi connectivity index (χ3n) is 2.65. The number of nitrogens with zero attached hydrogens (tertiary/aromatic N) is 2. The van der Waals surface area contributed by atoms with E-state index in [4.69, 9.17) is 4.42 Å². The lowest BCUT2D eigenvalue weighted by Crippen LogP contribution is -2.06. The molecule has 0 saturated carbocycles. The van der Waals surface area contributed by atoms with Crippen LogP contribution < -0.4 is 5.56 Å². The first-order valence-electron chi connectivity index (χ1n) is 5.81. The number of fused-ring (bicyclic) bond motifs is 1. The summed E-state index contributed by atoms with van der Waals surface area (Å²) in [5.41, 5.74) is 1.17. The van der Waals surface area contributed by atoms with Gasteiger partial charge in [0.2, 0.25) is 5.89 Å². The average molecular weight is 250 g/mol. The molecule has 0 atom stereocenters. The number of hydrogen-bond acceptors (Lipinski definition) is 4. The first-order valence-corrected chi connectivity index (χ1v) is 5.81. The largest absolute Gasteiger partial charge is 0.438 e. The Morgan fingerprint density at radius 3 is 2.79 bits per heavy atom. The summed E-state index contributed by atoms with van der Waals surface area (Å²) >= 11 is 0. The molecule has 2 aromatic heterocycles. The summed E-state index contributed by atoms with van der Waals surface area (Å²) in [4.78, 5) is 19.7. The van der Waals surface area contributed by atoms with Gasteiger partial charge in [-0.15, -0.1) is 0 Å². The Balaban J connectivity index is 2.02. The highest BCUT2D eigenvalue weighted by atomic mass is 16.3. The third kappa shape index (κ3) is 2.42. The molecule has 3 aromatic rings. The molecule has 1 aromatic carbocycles. The molecule has 4 heteroatoms. The van der Waals surface area contributed by atoms with Gasteiger partial charge in [-0.05, 0) is 29.8 Å². The maximum atomic E-state index is 11.8. The predicted octanol–water partition coefficient (Wildman–Crippen LogP) is 2.75. The number of pyridine rings is 1. The lowest BCUT2D eigenvalue weighted by molar-refractivity contribution is 0.563. The van der Waals surface area contributed by atoms with Crippen molar-refractivity contribution in [1.29, 1.82) is 0 Å². The second-order valence-corrected chi connectivity index (χ2v) is 3.97. The maximum absolute atomic E-state index is 11.8. The summed E-state index contributed by atoms with van der Waals surface area (Å²) in [7, 11) is 0. The van der Waals surface area contributed by atoms with Crippen molar-refractivity contribution in [3.8, 4) is 0 Å². The van der Waals surface area contributed by atoms with Crippen LogP contribution in [0.5, 0.6) is 0 Å². The van der Waals surface area contributed by atoms with E-state index < -0.39 is 0 Å². The topological polar surface area (TPSA) is 56.0 Å². The molecule has 0 fully saturated rings. The minimum atomic E-state index is -0.285. The van der Waals surface area contributed by atoms with E-state index in [9.17, 15) is 4.79 Å². The quantitative estimate of drug-likeness (QED) is 0.701. The zero-order valence-electron chi connectivity index (χ0n) is 9.98. The van der Waals surface area contributed by atoms with Crippen molar-refractivity contribution in [3.05, 3.63) is 70.6 Å². The summed E-state index contributed by atoms with van der Waals surface area (Å²) in [6.45, 7) is 0. The number of hydrogen-bond donors (Lipinski definition) is 0. The molecule has 0 radical (unpaired) electrons. The minimum Gasteiger partial charge on any atom is -0.438 e. The minimum absolute atomic E-state index is 0.285. The highest BCUT2D eigenvalue weighted by Crippen LogP contribution is 2.11. The summed E-state index contributed by atoms with van der Waals surface area (Å²) < 4.78 is 5.55. The summed E-state index contributed by atoms with van der Waals surface area (Å²) in [6.07, 6.45) is 6.87. The molecular weight excluding hydrogens is 240 g/mol. The molecule has 0 saturated heterocycles. The lowest BCUT2D eigenvalue weighted by atomic mass is 10.2. The Morgan fingerprint density at radius 2 is 1.95 bits per heavy atom. The molecule has 0 aliphatic heterocycles. The van der Waals surface area contributed by atoms with Crippen molar-refractivity contribution < 1.29 is 4.42 Å². The van der Waals surface area contributed by atoms with E-state index in [1.165, 1.54) is 0 Å². The Hall–Kier alpha value is -2.75. The first kappa shape index (κ1) is 11.3. The number of para-hydroxylation sites is 1. The van der Waals surface area contributed by atoms with Crippen LogP contribution in [-0.4, -0.2) is 9.97 Å². The lowest BCUT2D eigenvalue weighted by Gasteiger charge is -1.97. The SMILES string of the molecule is O=c1nc(C=Cc2cccnc2)oc2ccccc12. The molecule has 0 amide bonds. The average Bonchev–Trinajstić information content (AvgIpc) is 2.46. The van der Waals surface area contributed by atoms with Gasteiger partial charge in [0.15, 0.2) is 0 Å². The fourth-order valence-electron chi connectivity index (χ4n) is 1.74. The zero-order chi connectivity index (χ0) is 13.1. The summed E-state index contributed by atoms with van der Waals surface area (Å²) in [5.74, 6) is 0.285. The number of rotatable bonds is 2. The Bertz CT molecular complexity index is 792. The summed E-state index contributed by atoms with van der Waals surface area (Å²) in [6, 6.07) is 10.8. The molecule has 4 nitrogen and oxygen atoms in total. The van der Waals surface area contributed by atoms with E-state index in [1.807, 2.05) is 18.2 Å². The van der Waals surface area contributed by atoms with Crippen molar-refractivity contribution in [3.63, 3.8) is 0 Å². The molecular formula is C15H10N2O2. The molecule has 92 valence electrons. The molecule has 0 aliphatic rings. The standard InChI is InChI=1S/C15H10N2O2/c18-15-12-5-1-2-6-13(12)19-14(17-15)8-7-11-4-3-9-16-10-11/h1-10H. The van der Waals surface area contributed by atoms with Gasteiger partial charge >= 0.3 is 0 Å². The molecule has 0 N–H and O–H groups in total. The van der Waals surface area contributed by atoms with Crippen LogP contribution in [0.3, 0.4) is 0 Å². The number of benzene rings is 1. The Labute approximate surface area is 109 Å². The third-order valence-corrected chi connectivity index (χ3v) is 2.65. The smallest absolute Gasteiger partial charge is 0.284 e. The molecule has 0 aliphatic carbocycles. The molecule has 3 rings (SSSR count). The highest BCUT2D eigenvalue weighted by molar-refractivity contribution is 5.76. The number of aromatic nitrogens is 2. The van der Waals surface area contributed by atoms with Crippen molar-refractivity contribution in [2.75, 3.05) is 0 Å². The van der Waals surface area contributed by atoms with E-state index in [1.54, 1.807) is 42.7 Å². The predicted molar refractivity (Wildman–Crippen MR) is 73.4 cm³/mol. The monoisotopic (exact) mass is 250 g/mol. The van der Waals surface area contributed by atoms with E-state index >= 15 is 0 Å². The van der Waals surface area contributed by atoms with Crippen LogP contribution in [0.4, 0.5) is 0 Å². The van der Waals surface area contributed by atoms with Crippen LogP contribution in [0.1, 0.15) is 11.5 Å². The van der Waals surface area contributed by atoms with Gasteiger partial charge in [0, 0.05) is 18.5 Å². The van der Waals surface area contributed by atoms with Gasteiger partial charge in [-0.1, -0.05) is 18.2 Å². The summed E-state index contributed by atoms with van der Waals surface area (Å²) in [5, 5.41) is 0.487. The van der Waals surface area contributed by atoms with Gasteiger partial charge in [-0.25, -0.2) is 0 Å². The van der Waals surface area contributed by atoms with Gasteiger partial charge in [-0.2, -0.15) is 4.98 Å². The van der Waals surface area contributed by atoms with Gasteiger partial charge in [0.25, 0.3) is 5.56 Å². The van der Waals surface area contributed by atoms with Gasteiger partial charge in [0.05, 0.1) is 5.39 Å². The van der Waals surface area contributed by atoms with Crippen molar-refractivity contribution in [1.82, 2.24) is 9.97 Å². The molecule has 0 bridgehead atoms. The second-order valence-electron chi connectivity index (χ2n) is 3.97. The first-order chi connectivity index (χ1) is 9.33. The zero-order valence-corrected chi connectivity index (χ0v) is 9.98. The van der Waals surface area contributed by atoms with E-state index in [0.29, 0.717) is 11.0 Å². The van der Waals surface area contributed by atoms with E-state index in [0.717, 1.165) is 5.56 Å². The molecule has 2 heterocycles. The molecule has 0 unspecified atom stereocenters. The fourth-order valence-corrected chi connectivity index (χ4v) is 1.74. The van der Waals surface area contributed by atoms with Crippen molar-refractivity contribution in [2.24, 2.45) is 0 Å². The van der Waals surface area contributed by atoms with Gasteiger partial charge in [-0.3, -0.25) is 9.78 Å². The normalized spacial score (nSPS) is 11.2. The van der Waals surface area contributed by atoms with Gasteiger partial charge in [0.1, 0.15) is 5.58 Å². The Morgan fingerprint density at radius 1 is 1.05 bits per heavy atom. The highest BCUT2D eigenvalue weighted by Gasteiger charge is 2.02. The molecule has 0 spiro atoms.